The average molecular weight is 272 g/mol. The molecule has 0 spiro atoms. The fourth-order valence-electron chi connectivity index (χ4n) is 2.19. The van der Waals surface area contributed by atoms with E-state index in [1.165, 1.54) is 30.3 Å². The Morgan fingerprint density at radius 3 is 2.55 bits per heavy atom. The summed E-state index contributed by atoms with van der Waals surface area (Å²) in [6.07, 6.45) is 3.02. The lowest BCUT2D eigenvalue weighted by Crippen LogP contribution is -2.50. The van der Waals surface area contributed by atoms with Crippen LogP contribution >= 0.6 is 0 Å². The molecule has 2 aromatic carbocycles. The third-order valence-electron chi connectivity index (χ3n) is 3.43. The van der Waals surface area contributed by atoms with Crippen molar-refractivity contribution in [2.75, 3.05) is 5.01 Å². The smallest absolute Gasteiger partial charge is 0.329 e. The lowest BCUT2D eigenvalue weighted by molar-refractivity contribution is -0.141. The van der Waals surface area contributed by atoms with Crippen molar-refractivity contribution in [3.63, 3.8) is 0 Å². The van der Waals surface area contributed by atoms with Crippen molar-refractivity contribution < 1.29 is 14.3 Å². The van der Waals surface area contributed by atoms with Crippen molar-refractivity contribution >= 4 is 22.4 Å². The second-order valence-electron chi connectivity index (χ2n) is 4.96. The van der Waals surface area contributed by atoms with Gasteiger partial charge in [0.2, 0.25) is 0 Å². The van der Waals surface area contributed by atoms with Gasteiger partial charge in [0.25, 0.3) is 0 Å². The number of nitrogens with one attached hydrogen (secondary N) is 1. The number of fused-ring (bicyclic) bond motifs is 1. The molecule has 0 aromatic heterocycles. The van der Waals surface area contributed by atoms with Gasteiger partial charge >= 0.3 is 5.97 Å². The van der Waals surface area contributed by atoms with E-state index >= 15 is 0 Å². The summed E-state index contributed by atoms with van der Waals surface area (Å²) in [5.41, 5.74) is 1.84. The molecule has 1 heterocycles. The Bertz CT molecular complexity index is 729. The Morgan fingerprint density at radius 1 is 1.30 bits per heavy atom. The average Bonchev–Trinajstić information content (AvgIpc) is 2.82. The highest BCUT2D eigenvalue weighted by Crippen LogP contribution is 2.28. The SMILES string of the molecule is CC1(C(=O)O)C=CN(c2cc3ccccc3cc2F)N1. The van der Waals surface area contributed by atoms with Gasteiger partial charge in [-0.15, -0.1) is 0 Å². The highest BCUT2D eigenvalue weighted by Gasteiger charge is 2.36. The van der Waals surface area contributed by atoms with Gasteiger partial charge in [-0.3, -0.25) is 5.01 Å². The van der Waals surface area contributed by atoms with Crippen molar-refractivity contribution in [2.45, 2.75) is 12.5 Å². The summed E-state index contributed by atoms with van der Waals surface area (Å²) in [4.78, 5) is 11.2. The van der Waals surface area contributed by atoms with Crippen molar-refractivity contribution in [1.29, 1.82) is 0 Å². The summed E-state index contributed by atoms with van der Waals surface area (Å²) in [5, 5.41) is 12.2. The molecule has 3 rings (SSSR count). The highest BCUT2D eigenvalue weighted by molar-refractivity contribution is 5.87. The van der Waals surface area contributed by atoms with Crippen LogP contribution in [0.25, 0.3) is 10.8 Å². The lowest BCUT2D eigenvalue weighted by Gasteiger charge is -2.24. The molecule has 4 nitrogen and oxygen atoms in total. The third-order valence-corrected chi connectivity index (χ3v) is 3.43. The van der Waals surface area contributed by atoms with E-state index in [9.17, 15) is 9.18 Å². The normalized spacial score (nSPS) is 21.6. The van der Waals surface area contributed by atoms with Crippen molar-refractivity contribution in [1.82, 2.24) is 5.43 Å². The molecule has 0 aliphatic carbocycles. The van der Waals surface area contributed by atoms with Gasteiger partial charge in [-0.1, -0.05) is 24.3 Å². The standard InChI is InChI=1S/C15H13FN2O2/c1-15(14(19)20)6-7-18(17-15)13-9-11-5-3-2-4-10(11)8-12(13)16/h2-9,17H,1H3,(H,19,20). The molecule has 0 bridgehead atoms. The number of aliphatic carboxylic acids is 1. The van der Waals surface area contributed by atoms with Crippen LogP contribution < -0.4 is 10.4 Å². The topological polar surface area (TPSA) is 52.6 Å². The molecule has 0 radical (unpaired) electrons. The van der Waals surface area contributed by atoms with Crippen molar-refractivity contribution in [3.8, 4) is 0 Å². The third kappa shape index (κ3) is 1.92. The van der Waals surface area contributed by atoms with E-state index in [0.717, 1.165) is 10.8 Å². The molecule has 0 fully saturated rings. The minimum Gasteiger partial charge on any atom is -0.480 e. The highest BCUT2D eigenvalue weighted by atomic mass is 19.1. The number of hydrogen-bond donors (Lipinski definition) is 2. The fourth-order valence-corrected chi connectivity index (χ4v) is 2.19. The van der Waals surface area contributed by atoms with Gasteiger partial charge in [0.1, 0.15) is 5.82 Å². The maximum atomic E-state index is 14.2. The minimum absolute atomic E-state index is 0.296. The first-order valence-corrected chi connectivity index (χ1v) is 6.18. The quantitative estimate of drug-likeness (QED) is 0.882. The first kappa shape index (κ1) is 12.6. The van der Waals surface area contributed by atoms with Gasteiger partial charge in [-0.25, -0.2) is 14.6 Å². The maximum absolute atomic E-state index is 14.2. The van der Waals surface area contributed by atoms with Gasteiger partial charge in [-0.05, 0) is 35.9 Å². The molecule has 102 valence electrons. The van der Waals surface area contributed by atoms with Crippen LogP contribution in [0, 0.1) is 5.82 Å². The summed E-state index contributed by atoms with van der Waals surface area (Å²) in [5.74, 6) is -1.42. The second kappa shape index (κ2) is 4.31. The van der Waals surface area contributed by atoms with E-state index in [4.69, 9.17) is 5.11 Å². The summed E-state index contributed by atoms with van der Waals surface area (Å²) in [6, 6.07) is 10.6. The summed E-state index contributed by atoms with van der Waals surface area (Å²) in [6.45, 7) is 1.52. The molecule has 2 N–H and O–H groups in total. The van der Waals surface area contributed by atoms with E-state index in [-0.39, 0.29) is 0 Å². The molecule has 1 unspecified atom stereocenters. The number of hydrogen-bond acceptors (Lipinski definition) is 3. The van der Waals surface area contributed by atoms with Gasteiger partial charge in [0, 0.05) is 6.20 Å². The van der Waals surface area contributed by atoms with Crippen LogP contribution in [0.2, 0.25) is 0 Å². The van der Waals surface area contributed by atoms with E-state index in [1.54, 1.807) is 6.07 Å². The predicted octanol–water partition coefficient (Wildman–Crippen LogP) is 2.66. The number of carbonyl (C=O) groups is 1. The van der Waals surface area contributed by atoms with Crippen LogP contribution in [0.3, 0.4) is 0 Å². The van der Waals surface area contributed by atoms with Gasteiger partial charge in [0.05, 0.1) is 5.69 Å². The zero-order valence-electron chi connectivity index (χ0n) is 10.8. The fraction of sp³-hybridized carbons (Fsp3) is 0.133. The number of anilines is 1. The van der Waals surface area contributed by atoms with Gasteiger partial charge in [-0.2, -0.15) is 0 Å². The number of rotatable bonds is 2. The number of carboxylic acids is 1. The van der Waals surface area contributed by atoms with E-state index in [1.807, 2.05) is 24.3 Å². The molecule has 1 aliphatic heterocycles. The molecule has 1 atom stereocenters. The molecular weight excluding hydrogens is 259 g/mol. The second-order valence-corrected chi connectivity index (χ2v) is 4.96. The van der Waals surface area contributed by atoms with Crippen LogP contribution in [-0.2, 0) is 4.79 Å². The van der Waals surface area contributed by atoms with Crippen molar-refractivity contribution in [2.24, 2.45) is 0 Å². The molecule has 20 heavy (non-hydrogen) atoms. The van der Waals surface area contributed by atoms with Crippen molar-refractivity contribution in [3.05, 3.63) is 54.5 Å². The molecular formula is C15H13FN2O2. The Morgan fingerprint density at radius 2 is 1.95 bits per heavy atom. The Hall–Kier alpha value is -2.40. The number of benzene rings is 2. The van der Waals surface area contributed by atoms with Gasteiger partial charge in [0.15, 0.2) is 5.54 Å². The number of hydrazine groups is 1. The number of halogens is 1. The lowest BCUT2D eigenvalue weighted by atomic mass is 10.1. The molecule has 2 aromatic rings. The zero-order chi connectivity index (χ0) is 14.3. The largest absolute Gasteiger partial charge is 0.480 e. The maximum Gasteiger partial charge on any atom is 0.329 e. The Kier molecular flexibility index (Phi) is 2.72. The summed E-state index contributed by atoms with van der Waals surface area (Å²) in [7, 11) is 0. The number of nitrogens with zero attached hydrogens (tertiary/aromatic N) is 1. The summed E-state index contributed by atoms with van der Waals surface area (Å²) >= 11 is 0. The molecule has 0 saturated carbocycles. The summed E-state index contributed by atoms with van der Waals surface area (Å²) < 4.78 is 14.2. The predicted molar refractivity (Wildman–Crippen MR) is 74.7 cm³/mol. The molecule has 1 aliphatic rings. The van der Waals surface area contributed by atoms with E-state index < -0.39 is 17.3 Å². The first-order valence-electron chi connectivity index (χ1n) is 6.18. The van der Waals surface area contributed by atoms with Gasteiger partial charge < -0.3 is 5.11 Å². The van der Waals surface area contributed by atoms with Crippen LogP contribution in [0.1, 0.15) is 6.92 Å². The first-order chi connectivity index (χ1) is 9.49. The Balaban J connectivity index is 2.02. The monoisotopic (exact) mass is 272 g/mol. The molecule has 0 amide bonds. The molecule has 5 heteroatoms. The van der Waals surface area contributed by atoms with Crippen LogP contribution in [0.5, 0.6) is 0 Å². The minimum atomic E-state index is -1.22. The Labute approximate surface area is 115 Å². The van der Waals surface area contributed by atoms with Crippen LogP contribution in [0.15, 0.2) is 48.7 Å². The molecule has 0 saturated heterocycles. The van der Waals surface area contributed by atoms with E-state index in [2.05, 4.69) is 5.43 Å². The van der Waals surface area contributed by atoms with Crippen LogP contribution in [-0.4, -0.2) is 16.6 Å². The van der Waals surface area contributed by atoms with Crippen LogP contribution in [0.4, 0.5) is 10.1 Å². The van der Waals surface area contributed by atoms with E-state index in [0.29, 0.717) is 5.69 Å². The zero-order valence-corrected chi connectivity index (χ0v) is 10.8. The number of carboxylic acid groups (broad SMARTS) is 1.